The van der Waals surface area contributed by atoms with Gasteiger partial charge >= 0.3 is 0 Å². The summed E-state index contributed by atoms with van der Waals surface area (Å²) in [6.07, 6.45) is 3.94. The smallest absolute Gasteiger partial charge is 0.0728 e. The van der Waals surface area contributed by atoms with Crippen LogP contribution in [0, 0.1) is 5.92 Å². The van der Waals surface area contributed by atoms with E-state index in [0.717, 1.165) is 38.9 Å². The van der Waals surface area contributed by atoms with Gasteiger partial charge in [-0.1, -0.05) is 6.92 Å². The fourth-order valence-corrected chi connectivity index (χ4v) is 4.23. The van der Waals surface area contributed by atoms with Crippen LogP contribution < -0.4 is 0 Å². The summed E-state index contributed by atoms with van der Waals surface area (Å²) >= 11 is 0. The molecule has 0 aromatic carbocycles. The molecule has 2 fully saturated rings. The third kappa shape index (κ3) is 3.14. The van der Waals surface area contributed by atoms with Crippen LogP contribution in [0.3, 0.4) is 0 Å². The van der Waals surface area contributed by atoms with Crippen LogP contribution >= 0.6 is 0 Å². The summed E-state index contributed by atoms with van der Waals surface area (Å²) in [4.78, 5) is 2.47. The largest absolute Gasteiger partial charge is 0.389 e. The Bertz CT molecular complexity index is 317. The summed E-state index contributed by atoms with van der Waals surface area (Å²) in [6.45, 7) is 14.0. The van der Waals surface area contributed by atoms with E-state index in [4.69, 9.17) is 4.74 Å². The van der Waals surface area contributed by atoms with Gasteiger partial charge in [0.05, 0.1) is 16.8 Å². The lowest BCUT2D eigenvalue weighted by molar-refractivity contribution is -0.129. The van der Waals surface area contributed by atoms with Gasteiger partial charge in [0.2, 0.25) is 0 Å². The lowest BCUT2D eigenvalue weighted by Crippen LogP contribution is -2.53. The standard InChI is InChI=1S/C16H31NO2/c1-6-9-17-10-7-16(18,8-11-17)13-12-14(2,3)19-15(13,4)5/h13,18H,6-12H2,1-5H3. The molecule has 2 saturated heterocycles. The summed E-state index contributed by atoms with van der Waals surface area (Å²) in [5.74, 6) is 0.249. The lowest BCUT2D eigenvalue weighted by atomic mass is 9.70. The number of ether oxygens (including phenoxy) is 1. The van der Waals surface area contributed by atoms with E-state index in [-0.39, 0.29) is 17.1 Å². The molecular weight excluding hydrogens is 238 g/mol. The highest BCUT2D eigenvalue weighted by Gasteiger charge is 2.55. The van der Waals surface area contributed by atoms with E-state index in [9.17, 15) is 5.11 Å². The van der Waals surface area contributed by atoms with Crippen LogP contribution in [-0.4, -0.2) is 46.4 Å². The first kappa shape index (κ1) is 15.3. The normalized spacial score (nSPS) is 33.5. The molecule has 0 aromatic rings. The second-order valence-corrected chi connectivity index (χ2v) is 7.67. The number of hydrogen-bond acceptors (Lipinski definition) is 3. The van der Waals surface area contributed by atoms with E-state index in [1.807, 2.05) is 0 Å². The molecule has 2 aliphatic rings. The molecule has 0 bridgehead atoms. The summed E-state index contributed by atoms with van der Waals surface area (Å²) in [5.41, 5.74) is -0.864. The SMILES string of the molecule is CCCN1CCC(O)(C2CC(C)(C)OC2(C)C)CC1. The summed E-state index contributed by atoms with van der Waals surface area (Å²) < 4.78 is 6.17. The van der Waals surface area contributed by atoms with Gasteiger partial charge in [0, 0.05) is 19.0 Å². The highest BCUT2D eigenvalue weighted by atomic mass is 16.5. The average Bonchev–Trinajstić information content (AvgIpc) is 2.51. The molecule has 0 aromatic heterocycles. The Balaban J connectivity index is 2.05. The van der Waals surface area contributed by atoms with Crippen molar-refractivity contribution < 1.29 is 9.84 Å². The van der Waals surface area contributed by atoms with Gasteiger partial charge in [0.15, 0.2) is 0 Å². The summed E-state index contributed by atoms with van der Waals surface area (Å²) in [7, 11) is 0. The van der Waals surface area contributed by atoms with Crippen molar-refractivity contribution in [2.24, 2.45) is 5.92 Å². The Labute approximate surface area is 118 Å². The molecule has 112 valence electrons. The molecule has 2 aliphatic heterocycles. The molecule has 1 N–H and O–H groups in total. The summed E-state index contributed by atoms with van der Waals surface area (Å²) in [5, 5.41) is 11.1. The molecule has 0 radical (unpaired) electrons. The minimum Gasteiger partial charge on any atom is -0.389 e. The first-order valence-corrected chi connectivity index (χ1v) is 7.83. The molecular formula is C16H31NO2. The molecule has 19 heavy (non-hydrogen) atoms. The van der Waals surface area contributed by atoms with E-state index < -0.39 is 5.60 Å². The lowest BCUT2D eigenvalue weighted by Gasteiger charge is -2.45. The second-order valence-electron chi connectivity index (χ2n) is 7.67. The van der Waals surface area contributed by atoms with Crippen LogP contribution in [0.5, 0.6) is 0 Å². The van der Waals surface area contributed by atoms with Crippen molar-refractivity contribution in [1.82, 2.24) is 4.90 Å². The maximum absolute atomic E-state index is 11.1. The van der Waals surface area contributed by atoms with Gasteiger partial charge in [-0.05, 0) is 59.9 Å². The molecule has 1 unspecified atom stereocenters. The molecule has 3 nitrogen and oxygen atoms in total. The van der Waals surface area contributed by atoms with E-state index in [2.05, 4.69) is 39.5 Å². The third-order valence-electron chi connectivity index (χ3n) is 4.98. The van der Waals surface area contributed by atoms with Crippen molar-refractivity contribution in [2.45, 2.75) is 77.1 Å². The fraction of sp³-hybridized carbons (Fsp3) is 1.00. The van der Waals surface area contributed by atoms with Gasteiger partial charge in [0.1, 0.15) is 0 Å². The molecule has 0 saturated carbocycles. The van der Waals surface area contributed by atoms with Gasteiger partial charge in [-0.3, -0.25) is 0 Å². The Morgan fingerprint density at radius 1 is 1.16 bits per heavy atom. The Morgan fingerprint density at radius 2 is 1.74 bits per heavy atom. The van der Waals surface area contributed by atoms with Gasteiger partial charge < -0.3 is 14.7 Å². The Hall–Kier alpha value is -0.120. The predicted octanol–water partition coefficient (Wildman–Crippen LogP) is 2.82. The quantitative estimate of drug-likeness (QED) is 0.855. The van der Waals surface area contributed by atoms with Crippen molar-refractivity contribution in [3.8, 4) is 0 Å². The van der Waals surface area contributed by atoms with Crippen LogP contribution in [0.15, 0.2) is 0 Å². The molecule has 2 heterocycles. The van der Waals surface area contributed by atoms with Crippen LogP contribution in [-0.2, 0) is 4.74 Å². The third-order valence-corrected chi connectivity index (χ3v) is 4.98. The van der Waals surface area contributed by atoms with Crippen molar-refractivity contribution in [3.05, 3.63) is 0 Å². The van der Waals surface area contributed by atoms with Crippen molar-refractivity contribution in [1.29, 1.82) is 0 Å². The zero-order chi connectivity index (χ0) is 14.3. The number of hydrogen-bond donors (Lipinski definition) is 1. The number of nitrogens with zero attached hydrogens (tertiary/aromatic N) is 1. The fourth-order valence-electron chi connectivity index (χ4n) is 4.23. The van der Waals surface area contributed by atoms with E-state index in [1.165, 1.54) is 6.42 Å². The monoisotopic (exact) mass is 269 g/mol. The minimum atomic E-state index is -0.540. The van der Waals surface area contributed by atoms with Gasteiger partial charge in [0.25, 0.3) is 0 Å². The topological polar surface area (TPSA) is 32.7 Å². The first-order valence-electron chi connectivity index (χ1n) is 7.83. The number of aliphatic hydroxyl groups is 1. The van der Waals surface area contributed by atoms with E-state index >= 15 is 0 Å². The molecule has 0 spiro atoms. The van der Waals surface area contributed by atoms with Crippen LogP contribution in [0.4, 0.5) is 0 Å². The predicted molar refractivity (Wildman–Crippen MR) is 78.3 cm³/mol. The van der Waals surface area contributed by atoms with Crippen LogP contribution in [0.25, 0.3) is 0 Å². The number of likely N-dealkylation sites (tertiary alicyclic amines) is 1. The molecule has 2 rings (SSSR count). The van der Waals surface area contributed by atoms with Crippen molar-refractivity contribution >= 4 is 0 Å². The van der Waals surface area contributed by atoms with Gasteiger partial charge in [-0.2, -0.15) is 0 Å². The van der Waals surface area contributed by atoms with Crippen molar-refractivity contribution in [3.63, 3.8) is 0 Å². The van der Waals surface area contributed by atoms with Gasteiger partial charge in [-0.15, -0.1) is 0 Å². The minimum absolute atomic E-state index is 0.107. The summed E-state index contributed by atoms with van der Waals surface area (Å²) in [6, 6.07) is 0. The van der Waals surface area contributed by atoms with Crippen LogP contribution in [0.2, 0.25) is 0 Å². The zero-order valence-corrected chi connectivity index (χ0v) is 13.3. The highest BCUT2D eigenvalue weighted by Crippen LogP contribution is 2.49. The van der Waals surface area contributed by atoms with Crippen LogP contribution in [0.1, 0.15) is 60.3 Å². The Morgan fingerprint density at radius 3 is 2.16 bits per heavy atom. The maximum Gasteiger partial charge on any atom is 0.0728 e. The maximum atomic E-state index is 11.1. The average molecular weight is 269 g/mol. The zero-order valence-electron chi connectivity index (χ0n) is 13.3. The Kier molecular flexibility index (Phi) is 4.03. The first-order chi connectivity index (χ1) is 8.69. The molecule has 3 heteroatoms. The highest BCUT2D eigenvalue weighted by molar-refractivity contribution is 5.05. The molecule has 0 amide bonds. The number of piperidine rings is 1. The second kappa shape index (κ2) is 5.01. The van der Waals surface area contributed by atoms with E-state index in [1.54, 1.807) is 0 Å². The van der Waals surface area contributed by atoms with E-state index in [0.29, 0.717) is 0 Å². The molecule has 0 aliphatic carbocycles. The van der Waals surface area contributed by atoms with Gasteiger partial charge in [-0.25, -0.2) is 0 Å². The van der Waals surface area contributed by atoms with Crippen molar-refractivity contribution in [2.75, 3.05) is 19.6 Å². The molecule has 1 atom stereocenters. The number of rotatable bonds is 3.